The summed E-state index contributed by atoms with van der Waals surface area (Å²) in [6.45, 7) is 3.31. The quantitative estimate of drug-likeness (QED) is 0.507. The smallest absolute Gasteiger partial charge is 0.230 e. The minimum atomic E-state index is 0.00502. The van der Waals surface area contributed by atoms with E-state index in [1.807, 2.05) is 36.8 Å². The Labute approximate surface area is 185 Å². The molecule has 0 radical (unpaired) electrons. The molecule has 32 heavy (non-hydrogen) atoms. The Morgan fingerprint density at radius 3 is 2.78 bits per heavy atom. The molecule has 1 fully saturated rings. The zero-order chi connectivity index (χ0) is 21.7. The molecule has 4 aromatic rings. The number of ketones is 1. The van der Waals surface area contributed by atoms with Crippen molar-refractivity contribution >= 4 is 39.5 Å². The number of anilines is 2. The first-order valence-electron chi connectivity index (χ1n) is 11.3. The van der Waals surface area contributed by atoms with Crippen LogP contribution in [0.3, 0.4) is 0 Å². The van der Waals surface area contributed by atoms with Crippen molar-refractivity contribution < 1.29 is 4.79 Å². The molecule has 2 aliphatic rings. The third-order valence-corrected chi connectivity index (χ3v) is 6.78. The largest absolute Gasteiger partial charge is 0.321 e. The van der Waals surface area contributed by atoms with Crippen LogP contribution in [0.1, 0.15) is 54.7 Å². The van der Waals surface area contributed by atoms with Crippen LogP contribution in [0, 0.1) is 5.92 Å². The summed E-state index contributed by atoms with van der Waals surface area (Å²) >= 11 is 0. The van der Waals surface area contributed by atoms with E-state index in [1.54, 1.807) is 0 Å². The summed E-state index contributed by atoms with van der Waals surface area (Å²) in [5.74, 6) is 1.84. The van der Waals surface area contributed by atoms with E-state index in [4.69, 9.17) is 4.98 Å². The van der Waals surface area contributed by atoms with Gasteiger partial charge in [0.2, 0.25) is 5.95 Å². The highest BCUT2D eigenvalue weighted by molar-refractivity contribution is 6.06. The lowest BCUT2D eigenvalue weighted by Crippen LogP contribution is -2.30. The number of fused-ring (bicyclic) bond motifs is 4. The fourth-order valence-corrected chi connectivity index (χ4v) is 5.05. The highest BCUT2D eigenvalue weighted by Crippen LogP contribution is 2.38. The van der Waals surface area contributed by atoms with Crippen molar-refractivity contribution in [1.82, 2.24) is 29.8 Å². The normalized spacial score (nSPS) is 21.1. The van der Waals surface area contributed by atoms with Gasteiger partial charge in [-0.2, -0.15) is 4.98 Å². The van der Waals surface area contributed by atoms with Gasteiger partial charge in [0.1, 0.15) is 17.2 Å². The molecule has 1 aliphatic heterocycles. The van der Waals surface area contributed by atoms with E-state index in [1.165, 1.54) is 12.8 Å². The molecule has 8 nitrogen and oxygen atoms in total. The summed E-state index contributed by atoms with van der Waals surface area (Å²) in [6.07, 6.45) is 10.4. The van der Waals surface area contributed by atoms with E-state index in [9.17, 15) is 4.79 Å². The number of carbonyl (C=O) groups excluding carboxylic acids is 1. The number of aromatic nitrogens is 5. The zero-order valence-electron chi connectivity index (χ0n) is 18.0. The second kappa shape index (κ2) is 7.63. The second-order valence-corrected chi connectivity index (χ2v) is 8.96. The number of nitrogens with one attached hydrogen (secondary N) is 2. The molecule has 0 spiro atoms. The third-order valence-electron chi connectivity index (χ3n) is 6.78. The molecular formula is C24H25N7O. The molecule has 0 atom stereocenters. The molecule has 0 aromatic carbocycles. The fourth-order valence-electron chi connectivity index (χ4n) is 5.05. The number of nitrogens with zero attached hydrogens (tertiary/aromatic N) is 5. The van der Waals surface area contributed by atoms with Crippen molar-refractivity contribution in [3.8, 4) is 0 Å². The van der Waals surface area contributed by atoms with Crippen LogP contribution in [0.2, 0.25) is 0 Å². The highest BCUT2D eigenvalue weighted by Gasteiger charge is 2.25. The van der Waals surface area contributed by atoms with Gasteiger partial charge < -0.3 is 15.2 Å². The fraction of sp³-hybridized carbons (Fsp3) is 0.375. The lowest BCUT2D eigenvalue weighted by Gasteiger charge is -2.28. The first-order valence-corrected chi connectivity index (χ1v) is 11.3. The lowest BCUT2D eigenvalue weighted by molar-refractivity contribution is 0.0977. The maximum atomic E-state index is 12.2. The Balaban J connectivity index is 1.42. The van der Waals surface area contributed by atoms with E-state index in [2.05, 4.69) is 37.1 Å². The van der Waals surface area contributed by atoms with Crippen molar-refractivity contribution in [3.63, 3.8) is 0 Å². The van der Waals surface area contributed by atoms with Gasteiger partial charge in [0, 0.05) is 35.8 Å². The van der Waals surface area contributed by atoms with Crippen molar-refractivity contribution in [3.05, 3.63) is 48.0 Å². The molecule has 1 saturated carbocycles. The van der Waals surface area contributed by atoms with Gasteiger partial charge in [-0.25, -0.2) is 9.97 Å². The number of rotatable bonds is 3. The number of hydrogen-bond acceptors (Lipinski definition) is 7. The SMILES string of the molecule is CC1CCC(n2c3cnccc3c3cnc(Nc4ccc5c(n4)C(=O)CNC5)nc32)CC1. The van der Waals surface area contributed by atoms with E-state index in [-0.39, 0.29) is 5.78 Å². The first kappa shape index (κ1) is 19.3. The van der Waals surface area contributed by atoms with Gasteiger partial charge in [-0.3, -0.25) is 9.78 Å². The Hall–Kier alpha value is -3.39. The van der Waals surface area contributed by atoms with E-state index >= 15 is 0 Å². The van der Waals surface area contributed by atoms with Gasteiger partial charge in [-0.05, 0) is 49.3 Å². The molecule has 5 heterocycles. The maximum absolute atomic E-state index is 12.2. The van der Waals surface area contributed by atoms with Gasteiger partial charge in [0.15, 0.2) is 5.78 Å². The van der Waals surface area contributed by atoms with Crippen LogP contribution in [0.25, 0.3) is 21.9 Å². The first-order chi connectivity index (χ1) is 15.7. The standard InChI is InChI=1S/C24H25N7O/c1-14-2-5-16(6-3-14)31-19-12-25-9-8-17(19)18-11-27-24(30-23(18)31)29-21-7-4-15-10-26-13-20(32)22(15)28-21/h4,7-9,11-12,14,16,26H,2-3,5-6,10,13H2,1H3,(H,27,28,29,30). The second-order valence-electron chi connectivity index (χ2n) is 8.96. The van der Waals surface area contributed by atoms with Crippen LogP contribution < -0.4 is 10.6 Å². The molecule has 8 heteroatoms. The monoisotopic (exact) mass is 427 g/mol. The number of carbonyl (C=O) groups is 1. The zero-order valence-corrected chi connectivity index (χ0v) is 18.0. The van der Waals surface area contributed by atoms with E-state index in [0.29, 0.717) is 36.6 Å². The molecule has 2 N–H and O–H groups in total. The topological polar surface area (TPSA) is 97.6 Å². The minimum absolute atomic E-state index is 0.00502. The van der Waals surface area contributed by atoms with Crippen molar-refractivity contribution in [2.45, 2.75) is 45.2 Å². The molecule has 0 amide bonds. The lowest BCUT2D eigenvalue weighted by atomic mass is 9.87. The van der Waals surface area contributed by atoms with Crippen LogP contribution in [0.15, 0.2) is 36.8 Å². The Bertz CT molecular complexity index is 1340. The van der Waals surface area contributed by atoms with Crippen LogP contribution in [0.5, 0.6) is 0 Å². The number of pyridine rings is 2. The summed E-state index contributed by atoms with van der Waals surface area (Å²) in [7, 11) is 0. The van der Waals surface area contributed by atoms with Crippen molar-refractivity contribution in [2.24, 2.45) is 5.92 Å². The van der Waals surface area contributed by atoms with Gasteiger partial charge in [0.25, 0.3) is 0 Å². The van der Waals surface area contributed by atoms with Crippen LogP contribution >= 0.6 is 0 Å². The number of Topliss-reactive ketones (excluding diaryl/α,β-unsaturated/α-hetero) is 1. The molecule has 6 rings (SSSR count). The Morgan fingerprint density at radius 2 is 1.91 bits per heavy atom. The van der Waals surface area contributed by atoms with Crippen LogP contribution in [-0.2, 0) is 6.54 Å². The average molecular weight is 428 g/mol. The highest BCUT2D eigenvalue weighted by atomic mass is 16.1. The Morgan fingerprint density at radius 1 is 1.03 bits per heavy atom. The van der Waals surface area contributed by atoms with E-state index in [0.717, 1.165) is 46.3 Å². The van der Waals surface area contributed by atoms with Gasteiger partial charge in [-0.1, -0.05) is 13.0 Å². The van der Waals surface area contributed by atoms with Crippen molar-refractivity contribution in [1.29, 1.82) is 0 Å². The molecule has 1 aliphatic carbocycles. The van der Waals surface area contributed by atoms with Gasteiger partial charge >= 0.3 is 0 Å². The summed E-state index contributed by atoms with van der Waals surface area (Å²) in [4.78, 5) is 30.6. The van der Waals surface area contributed by atoms with Crippen molar-refractivity contribution in [2.75, 3.05) is 11.9 Å². The predicted molar refractivity (Wildman–Crippen MR) is 123 cm³/mol. The summed E-state index contributed by atoms with van der Waals surface area (Å²) in [5, 5.41) is 8.47. The molecule has 0 unspecified atom stereocenters. The predicted octanol–water partition coefficient (Wildman–Crippen LogP) is 4.16. The Kier molecular flexibility index (Phi) is 4.61. The van der Waals surface area contributed by atoms with Gasteiger partial charge in [-0.15, -0.1) is 0 Å². The summed E-state index contributed by atoms with van der Waals surface area (Å²) in [6, 6.07) is 6.25. The van der Waals surface area contributed by atoms with Crippen LogP contribution in [-0.4, -0.2) is 36.8 Å². The van der Waals surface area contributed by atoms with Gasteiger partial charge in [0.05, 0.1) is 18.3 Å². The summed E-state index contributed by atoms with van der Waals surface area (Å²) < 4.78 is 2.35. The van der Waals surface area contributed by atoms with Crippen LogP contribution in [0.4, 0.5) is 11.8 Å². The molecule has 162 valence electrons. The molecule has 4 aromatic heterocycles. The summed E-state index contributed by atoms with van der Waals surface area (Å²) in [5.41, 5.74) is 3.47. The molecule has 0 saturated heterocycles. The molecule has 0 bridgehead atoms. The maximum Gasteiger partial charge on any atom is 0.230 e. The number of hydrogen-bond donors (Lipinski definition) is 2. The molecular weight excluding hydrogens is 402 g/mol. The minimum Gasteiger partial charge on any atom is -0.321 e. The average Bonchev–Trinajstić information content (AvgIpc) is 3.14. The van der Waals surface area contributed by atoms with E-state index < -0.39 is 0 Å². The third kappa shape index (κ3) is 3.22.